The lowest BCUT2D eigenvalue weighted by Crippen LogP contribution is -2.42. The Bertz CT molecular complexity index is 942. The number of benzene rings is 2. The van der Waals surface area contributed by atoms with Gasteiger partial charge in [-0.1, -0.05) is 48.2 Å². The number of thioether (sulfide) groups is 1. The lowest BCUT2D eigenvalue weighted by atomic mass is 10.1. The van der Waals surface area contributed by atoms with Gasteiger partial charge in [0.25, 0.3) is 0 Å². The molecule has 1 aliphatic heterocycles. The molecule has 3 aromatic rings. The van der Waals surface area contributed by atoms with Gasteiger partial charge in [-0.25, -0.2) is 9.37 Å². The van der Waals surface area contributed by atoms with Gasteiger partial charge in [-0.2, -0.15) is 0 Å². The normalized spacial score (nSPS) is 15.4. The number of ether oxygens (including phenoxy) is 1. The maximum Gasteiger partial charge on any atom is 0.240 e. The van der Waals surface area contributed by atoms with E-state index in [0.29, 0.717) is 37.1 Å². The van der Waals surface area contributed by atoms with Crippen LogP contribution < -0.4 is 0 Å². The monoisotopic (exact) mass is 397 g/mol. The zero-order valence-corrected chi connectivity index (χ0v) is 16.0. The van der Waals surface area contributed by atoms with Crippen molar-refractivity contribution >= 4 is 17.7 Å². The Kier molecular flexibility index (Phi) is 5.73. The maximum absolute atomic E-state index is 13.7. The number of nitrogens with zero attached hydrogens (tertiary/aromatic N) is 3. The predicted molar refractivity (Wildman–Crippen MR) is 106 cm³/mol. The molecule has 144 valence electrons. The molecule has 2 aromatic carbocycles. The molecule has 0 unspecified atom stereocenters. The third-order valence-electron chi connectivity index (χ3n) is 4.57. The number of carbonyl (C=O) groups excluding carboxylic acids is 1. The molecule has 7 heteroatoms. The highest BCUT2D eigenvalue weighted by Crippen LogP contribution is 2.37. The third kappa shape index (κ3) is 4.10. The van der Waals surface area contributed by atoms with Gasteiger partial charge in [-0.3, -0.25) is 9.36 Å². The molecule has 1 saturated heterocycles. The van der Waals surface area contributed by atoms with Crippen molar-refractivity contribution in [1.29, 1.82) is 0 Å². The van der Waals surface area contributed by atoms with Crippen LogP contribution in [0.1, 0.15) is 10.8 Å². The van der Waals surface area contributed by atoms with E-state index in [1.54, 1.807) is 23.0 Å². The Morgan fingerprint density at radius 2 is 1.89 bits per heavy atom. The topological polar surface area (TPSA) is 47.4 Å². The predicted octanol–water partition coefficient (Wildman–Crippen LogP) is 3.70. The molecule has 1 aliphatic rings. The van der Waals surface area contributed by atoms with Gasteiger partial charge in [0.2, 0.25) is 5.91 Å². The Balaban J connectivity index is 1.65. The maximum atomic E-state index is 13.7. The molecule has 0 bridgehead atoms. The first kappa shape index (κ1) is 18.7. The van der Waals surface area contributed by atoms with Crippen molar-refractivity contribution in [3.63, 3.8) is 0 Å². The van der Waals surface area contributed by atoms with Crippen LogP contribution in [0.5, 0.6) is 0 Å². The number of morpholine rings is 1. The number of halogens is 1. The zero-order valence-electron chi connectivity index (χ0n) is 15.2. The van der Waals surface area contributed by atoms with Crippen molar-refractivity contribution in [1.82, 2.24) is 14.5 Å². The average Bonchev–Trinajstić information content (AvgIpc) is 3.21. The van der Waals surface area contributed by atoms with Crippen LogP contribution in [0.2, 0.25) is 0 Å². The van der Waals surface area contributed by atoms with Crippen molar-refractivity contribution < 1.29 is 13.9 Å². The lowest BCUT2D eigenvalue weighted by Gasteiger charge is -2.30. The number of carbonyl (C=O) groups is 1. The summed E-state index contributed by atoms with van der Waals surface area (Å²) in [5.41, 5.74) is 1.59. The summed E-state index contributed by atoms with van der Waals surface area (Å²) in [6.45, 7) is 2.27. The number of aromatic nitrogens is 2. The van der Waals surface area contributed by atoms with E-state index in [2.05, 4.69) is 4.98 Å². The average molecular weight is 397 g/mol. The van der Waals surface area contributed by atoms with Crippen molar-refractivity contribution in [3.8, 4) is 5.69 Å². The van der Waals surface area contributed by atoms with Crippen molar-refractivity contribution in [2.24, 2.45) is 0 Å². The van der Waals surface area contributed by atoms with E-state index in [0.717, 1.165) is 5.56 Å². The Morgan fingerprint density at radius 3 is 2.64 bits per heavy atom. The highest BCUT2D eigenvalue weighted by molar-refractivity contribution is 8.00. The molecule has 4 rings (SSSR count). The van der Waals surface area contributed by atoms with E-state index in [9.17, 15) is 9.18 Å². The summed E-state index contributed by atoms with van der Waals surface area (Å²) in [4.78, 5) is 19.5. The standard InChI is InChI=1S/C21H20FN3O2S/c22-17-7-4-8-18(15-17)25-10-9-23-21(25)28-19(16-5-2-1-3-6-16)20(26)24-11-13-27-14-12-24/h1-10,15,19H,11-14H2/t19-/m1/s1. The van der Waals surface area contributed by atoms with Gasteiger partial charge in [-0.05, 0) is 23.8 Å². The zero-order chi connectivity index (χ0) is 19.3. The SMILES string of the molecule is O=C([C@H](Sc1nccn1-c1cccc(F)c1)c1ccccc1)N1CCOCC1. The molecule has 1 fully saturated rings. The minimum absolute atomic E-state index is 0.0355. The minimum Gasteiger partial charge on any atom is -0.378 e. The van der Waals surface area contributed by atoms with Crippen LogP contribution in [0.25, 0.3) is 5.69 Å². The molecule has 0 saturated carbocycles. The molecule has 0 spiro atoms. The lowest BCUT2D eigenvalue weighted by molar-refractivity contribution is -0.134. The van der Waals surface area contributed by atoms with E-state index < -0.39 is 5.25 Å². The quantitative estimate of drug-likeness (QED) is 0.616. The number of rotatable bonds is 5. The van der Waals surface area contributed by atoms with Crippen molar-refractivity contribution in [2.45, 2.75) is 10.4 Å². The summed E-state index contributed by atoms with van der Waals surface area (Å²) >= 11 is 1.37. The Labute approximate surface area is 167 Å². The second-order valence-corrected chi connectivity index (χ2v) is 7.48. The van der Waals surface area contributed by atoms with Gasteiger partial charge in [-0.15, -0.1) is 0 Å². The largest absolute Gasteiger partial charge is 0.378 e. The van der Waals surface area contributed by atoms with Crippen LogP contribution in [0.4, 0.5) is 4.39 Å². The molecule has 28 heavy (non-hydrogen) atoms. The summed E-state index contributed by atoms with van der Waals surface area (Å²) in [6, 6.07) is 16.0. The highest BCUT2D eigenvalue weighted by atomic mass is 32.2. The molecular weight excluding hydrogens is 377 g/mol. The van der Waals surface area contributed by atoms with Gasteiger partial charge < -0.3 is 9.64 Å². The summed E-state index contributed by atoms with van der Waals surface area (Å²) < 4.78 is 20.9. The summed E-state index contributed by atoms with van der Waals surface area (Å²) in [5.74, 6) is -0.278. The number of imidazole rings is 1. The van der Waals surface area contributed by atoms with E-state index in [4.69, 9.17) is 4.74 Å². The molecule has 0 aliphatic carbocycles. The molecular formula is C21H20FN3O2S. The molecule has 0 N–H and O–H groups in total. The van der Waals surface area contributed by atoms with E-state index in [1.807, 2.05) is 41.3 Å². The third-order valence-corrected chi connectivity index (χ3v) is 5.79. The first-order chi connectivity index (χ1) is 13.7. The molecule has 5 nitrogen and oxygen atoms in total. The highest BCUT2D eigenvalue weighted by Gasteiger charge is 2.29. The van der Waals surface area contributed by atoms with Crippen LogP contribution in [0.15, 0.2) is 72.1 Å². The van der Waals surface area contributed by atoms with Gasteiger partial charge in [0.15, 0.2) is 5.16 Å². The van der Waals surface area contributed by atoms with Crippen molar-refractivity contribution in [2.75, 3.05) is 26.3 Å². The number of hydrogen-bond donors (Lipinski definition) is 0. The van der Waals surface area contributed by atoms with Crippen molar-refractivity contribution in [3.05, 3.63) is 78.4 Å². The fourth-order valence-corrected chi connectivity index (χ4v) is 4.30. The molecule has 2 heterocycles. The van der Waals surface area contributed by atoms with Gasteiger partial charge in [0, 0.05) is 25.5 Å². The first-order valence-corrected chi connectivity index (χ1v) is 9.98. The van der Waals surface area contributed by atoms with Crippen LogP contribution in [-0.2, 0) is 9.53 Å². The first-order valence-electron chi connectivity index (χ1n) is 9.10. The summed E-state index contributed by atoms with van der Waals surface area (Å²) in [7, 11) is 0. The Hall–Kier alpha value is -2.64. The van der Waals surface area contributed by atoms with Crippen LogP contribution in [-0.4, -0.2) is 46.7 Å². The summed E-state index contributed by atoms with van der Waals surface area (Å²) in [5, 5.41) is 0.204. The van der Waals surface area contributed by atoms with E-state index >= 15 is 0 Å². The second kappa shape index (κ2) is 8.58. The smallest absolute Gasteiger partial charge is 0.240 e. The molecule has 0 radical (unpaired) electrons. The number of hydrogen-bond acceptors (Lipinski definition) is 4. The van der Waals surface area contributed by atoms with Crippen LogP contribution >= 0.6 is 11.8 Å². The molecule has 1 atom stereocenters. The van der Waals surface area contributed by atoms with Crippen LogP contribution in [0.3, 0.4) is 0 Å². The van der Waals surface area contributed by atoms with E-state index in [1.165, 1.54) is 23.9 Å². The minimum atomic E-state index is -0.436. The summed E-state index contributed by atoms with van der Waals surface area (Å²) in [6.07, 6.45) is 3.44. The molecule has 1 aromatic heterocycles. The van der Waals surface area contributed by atoms with Gasteiger partial charge >= 0.3 is 0 Å². The second-order valence-electron chi connectivity index (χ2n) is 6.41. The van der Waals surface area contributed by atoms with Crippen LogP contribution in [0, 0.1) is 5.82 Å². The fraction of sp³-hybridized carbons (Fsp3) is 0.238. The fourth-order valence-electron chi connectivity index (χ4n) is 3.14. The molecule has 1 amide bonds. The van der Waals surface area contributed by atoms with Gasteiger partial charge in [0.1, 0.15) is 11.1 Å². The Morgan fingerprint density at radius 1 is 1.11 bits per heavy atom. The number of amides is 1. The van der Waals surface area contributed by atoms with Gasteiger partial charge in [0.05, 0.1) is 18.9 Å². The van der Waals surface area contributed by atoms with E-state index in [-0.39, 0.29) is 11.7 Å².